The Morgan fingerprint density at radius 2 is 2.58 bits per heavy atom. The zero-order chi connectivity index (χ0) is 8.55. The van der Waals surface area contributed by atoms with Gasteiger partial charge in [-0.3, -0.25) is 0 Å². The van der Waals surface area contributed by atoms with Crippen LogP contribution in [0.25, 0.3) is 0 Å². The van der Waals surface area contributed by atoms with Crippen molar-refractivity contribution in [2.24, 2.45) is 0 Å². The zero-order valence-electron chi connectivity index (χ0n) is 6.19. The Hall–Kier alpha value is -1.65. The molecule has 0 unspecified atom stereocenters. The Kier molecular flexibility index (Phi) is 1.43. The van der Waals surface area contributed by atoms with Crippen LogP contribution >= 0.6 is 0 Å². The minimum Gasteiger partial charge on any atom is -0.480 e. The average Bonchev–Trinajstić information content (AvgIpc) is 2.46. The number of rotatable bonds is 1. The zero-order valence-corrected chi connectivity index (χ0v) is 6.19. The molecule has 2 rings (SSSR count). The standard InChI is InChI=1S/C7H7N3O2/c11-7(12)5-1-4-2-8-3-9-6(4)10-5/h2-3,5H,1H2,(H,11,12)(H,8,9,10)/t5-/m0/s1. The van der Waals surface area contributed by atoms with Gasteiger partial charge in [-0.15, -0.1) is 0 Å². The van der Waals surface area contributed by atoms with Gasteiger partial charge < -0.3 is 10.4 Å². The number of hydrogen-bond acceptors (Lipinski definition) is 4. The van der Waals surface area contributed by atoms with Crippen LogP contribution in [0, 0.1) is 0 Å². The summed E-state index contributed by atoms with van der Waals surface area (Å²) in [6.45, 7) is 0. The number of nitrogens with one attached hydrogen (secondary N) is 1. The van der Waals surface area contributed by atoms with Crippen LogP contribution in [0.5, 0.6) is 0 Å². The second-order valence-corrected chi connectivity index (χ2v) is 2.64. The summed E-state index contributed by atoms with van der Waals surface area (Å²) in [5.41, 5.74) is 0.866. The Bertz CT molecular complexity index is 301. The molecule has 0 radical (unpaired) electrons. The van der Waals surface area contributed by atoms with Gasteiger partial charge >= 0.3 is 5.97 Å². The van der Waals surface area contributed by atoms with E-state index < -0.39 is 12.0 Å². The van der Waals surface area contributed by atoms with Crippen LogP contribution < -0.4 is 5.32 Å². The van der Waals surface area contributed by atoms with E-state index in [1.165, 1.54) is 6.33 Å². The Balaban J connectivity index is 2.27. The molecule has 5 nitrogen and oxygen atoms in total. The van der Waals surface area contributed by atoms with Crippen LogP contribution in [0.3, 0.4) is 0 Å². The normalized spacial score (nSPS) is 19.8. The van der Waals surface area contributed by atoms with E-state index in [2.05, 4.69) is 15.3 Å². The smallest absolute Gasteiger partial charge is 0.326 e. The third kappa shape index (κ3) is 0.990. The quantitative estimate of drug-likeness (QED) is 0.607. The molecule has 5 heteroatoms. The summed E-state index contributed by atoms with van der Waals surface area (Å²) in [7, 11) is 0. The molecule has 2 heterocycles. The maximum Gasteiger partial charge on any atom is 0.326 e. The maximum atomic E-state index is 10.6. The lowest BCUT2D eigenvalue weighted by atomic mass is 10.2. The van der Waals surface area contributed by atoms with Crippen LogP contribution in [-0.4, -0.2) is 27.1 Å². The summed E-state index contributed by atoms with van der Waals surface area (Å²) in [6, 6.07) is -0.545. The molecule has 0 saturated heterocycles. The number of carboxylic acid groups (broad SMARTS) is 1. The predicted molar refractivity (Wildman–Crippen MR) is 40.8 cm³/mol. The first kappa shape index (κ1) is 7.02. The predicted octanol–water partition coefficient (Wildman–Crippen LogP) is -0.102. The van der Waals surface area contributed by atoms with E-state index in [1.54, 1.807) is 6.20 Å². The first-order chi connectivity index (χ1) is 5.77. The van der Waals surface area contributed by atoms with Gasteiger partial charge in [0.25, 0.3) is 0 Å². The molecule has 0 bridgehead atoms. The van der Waals surface area contributed by atoms with E-state index >= 15 is 0 Å². The van der Waals surface area contributed by atoms with Gasteiger partial charge in [-0.2, -0.15) is 0 Å². The molecule has 1 aliphatic heterocycles. The van der Waals surface area contributed by atoms with Crippen molar-refractivity contribution in [2.45, 2.75) is 12.5 Å². The fraction of sp³-hybridized carbons (Fsp3) is 0.286. The van der Waals surface area contributed by atoms with Gasteiger partial charge in [-0.25, -0.2) is 14.8 Å². The summed E-state index contributed by atoms with van der Waals surface area (Å²) < 4.78 is 0. The van der Waals surface area contributed by atoms with Crippen molar-refractivity contribution in [1.82, 2.24) is 9.97 Å². The number of fused-ring (bicyclic) bond motifs is 1. The second kappa shape index (κ2) is 2.44. The molecule has 1 atom stereocenters. The summed E-state index contributed by atoms with van der Waals surface area (Å²) in [5.74, 6) is -0.217. The minimum atomic E-state index is -0.854. The topological polar surface area (TPSA) is 75.1 Å². The van der Waals surface area contributed by atoms with Crippen molar-refractivity contribution in [2.75, 3.05) is 5.32 Å². The molecule has 1 aromatic rings. The van der Waals surface area contributed by atoms with Crippen LogP contribution in [0.1, 0.15) is 5.56 Å². The lowest BCUT2D eigenvalue weighted by molar-refractivity contribution is -0.137. The highest BCUT2D eigenvalue weighted by Gasteiger charge is 2.26. The lowest BCUT2D eigenvalue weighted by Gasteiger charge is -2.02. The maximum absolute atomic E-state index is 10.6. The molecule has 0 amide bonds. The molecule has 0 fully saturated rings. The van der Waals surface area contributed by atoms with Crippen molar-refractivity contribution in [3.8, 4) is 0 Å². The molecular weight excluding hydrogens is 158 g/mol. The van der Waals surface area contributed by atoms with Gasteiger partial charge in [0, 0.05) is 18.2 Å². The molecular formula is C7H7N3O2. The monoisotopic (exact) mass is 165 g/mol. The van der Waals surface area contributed by atoms with Gasteiger partial charge in [-0.1, -0.05) is 0 Å². The molecule has 62 valence electrons. The molecule has 0 aliphatic carbocycles. The largest absolute Gasteiger partial charge is 0.480 e. The number of carbonyl (C=O) groups is 1. The summed E-state index contributed by atoms with van der Waals surface area (Å²) >= 11 is 0. The fourth-order valence-electron chi connectivity index (χ4n) is 1.22. The van der Waals surface area contributed by atoms with Crippen molar-refractivity contribution in [3.63, 3.8) is 0 Å². The summed E-state index contributed by atoms with van der Waals surface area (Å²) in [4.78, 5) is 18.3. The number of carboxylic acids is 1. The van der Waals surface area contributed by atoms with E-state index in [1.807, 2.05) is 0 Å². The van der Waals surface area contributed by atoms with Gasteiger partial charge in [0.1, 0.15) is 18.2 Å². The van der Waals surface area contributed by atoms with Crippen molar-refractivity contribution >= 4 is 11.8 Å². The van der Waals surface area contributed by atoms with E-state index in [0.717, 1.165) is 5.56 Å². The molecule has 2 N–H and O–H groups in total. The highest BCUT2D eigenvalue weighted by Crippen LogP contribution is 2.21. The fourth-order valence-corrected chi connectivity index (χ4v) is 1.22. The number of anilines is 1. The average molecular weight is 165 g/mol. The number of hydrogen-bond donors (Lipinski definition) is 2. The lowest BCUT2D eigenvalue weighted by Crippen LogP contribution is -2.26. The summed E-state index contributed by atoms with van der Waals surface area (Å²) in [5, 5.41) is 11.5. The number of aromatic nitrogens is 2. The van der Waals surface area contributed by atoms with Crippen LogP contribution in [0.2, 0.25) is 0 Å². The first-order valence-electron chi connectivity index (χ1n) is 3.55. The van der Waals surface area contributed by atoms with Crippen LogP contribution in [-0.2, 0) is 11.2 Å². The Labute approximate surface area is 68.5 Å². The molecule has 1 aliphatic rings. The third-order valence-corrected chi connectivity index (χ3v) is 1.82. The van der Waals surface area contributed by atoms with Crippen molar-refractivity contribution < 1.29 is 9.90 Å². The van der Waals surface area contributed by atoms with E-state index in [0.29, 0.717) is 12.2 Å². The molecule has 12 heavy (non-hydrogen) atoms. The summed E-state index contributed by atoms with van der Waals surface area (Å²) in [6.07, 6.45) is 3.50. The van der Waals surface area contributed by atoms with Crippen molar-refractivity contribution in [3.05, 3.63) is 18.1 Å². The molecule has 0 aromatic carbocycles. The highest BCUT2D eigenvalue weighted by molar-refractivity contribution is 5.80. The van der Waals surface area contributed by atoms with Crippen molar-refractivity contribution in [1.29, 1.82) is 0 Å². The number of aliphatic carboxylic acids is 1. The van der Waals surface area contributed by atoms with Gasteiger partial charge in [0.2, 0.25) is 0 Å². The van der Waals surface area contributed by atoms with E-state index in [4.69, 9.17) is 5.11 Å². The highest BCUT2D eigenvalue weighted by atomic mass is 16.4. The first-order valence-corrected chi connectivity index (χ1v) is 3.55. The van der Waals surface area contributed by atoms with Gasteiger partial charge in [0.05, 0.1) is 0 Å². The third-order valence-electron chi connectivity index (χ3n) is 1.82. The van der Waals surface area contributed by atoms with E-state index in [9.17, 15) is 4.79 Å². The molecule has 0 spiro atoms. The molecule has 1 aromatic heterocycles. The van der Waals surface area contributed by atoms with E-state index in [-0.39, 0.29) is 0 Å². The second-order valence-electron chi connectivity index (χ2n) is 2.64. The molecule has 0 saturated carbocycles. The SMILES string of the molecule is O=C(O)[C@@H]1Cc2cncnc2N1. The Morgan fingerprint density at radius 3 is 3.25 bits per heavy atom. The number of nitrogens with zero attached hydrogens (tertiary/aromatic N) is 2. The van der Waals surface area contributed by atoms with Gasteiger partial charge in [0.15, 0.2) is 0 Å². The van der Waals surface area contributed by atoms with Gasteiger partial charge in [-0.05, 0) is 0 Å². The van der Waals surface area contributed by atoms with Crippen LogP contribution in [0.4, 0.5) is 5.82 Å². The minimum absolute atomic E-state index is 0.464. The Morgan fingerprint density at radius 1 is 1.75 bits per heavy atom. The van der Waals surface area contributed by atoms with Crippen LogP contribution in [0.15, 0.2) is 12.5 Å².